The largest absolute Gasteiger partial charge is 0.343 e. The molecule has 2 aliphatic rings. The van der Waals surface area contributed by atoms with Gasteiger partial charge >= 0.3 is 0 Å². The van der Waals surface area contributed by atoms with Crippen molar-refractivity contribution in [1.29, 1.82) is 0 Å². The van der Waals surface area contributed by atoms with Gasteiger partial charge in [0.1, 0.15) is 5.82 Å². The molecule has 0 aromatic heterocycles. The molecule has 1 amide bonds. The molecular weight excluding hydrogens is 327 g/mol. The molecule has 1 atom stereocenters. The molecule has 0 spiro atoms. The lowest BCUT2D eigenvalue weighted by Gasteiger charge is -2.41. The van der Waals surface area contributed by atoms with Crippen LogP contribution in [-0.2, 0) is 0 Å². The minimum absolute atomic E-state index is 0.0527. The predicted octanol–water partition coefficient (Wildman–Crippen LogP) is 4.23. The lowest BCUT2D eigenvalue weighted by molar-refractivity contribution is 0.0837. The van der Waals surface area contributed by atoms with Gasteiger partial charge in [-0.15, -0.1) is 0 Å². The fourth-order valence-electron chi connectivity index (χ4n) is 4.92. The second kappa shape index (κ2) is 6.51. The highest BCUT2D eigenvalue weighted by atomic mass is 19.1. The van der Waals surface area contributed by atoms with Crippen LogP contribution in [0.2, 0.25) is 0 Å². The van der Waals surface area contributed by atoms with Crippen LogP contribution in [0.25, 0.3) is 0 Å². The van der Waals surface area contributed by atoms with E-state index in [2.05, 4.69) is 29.4 Å². The molecule has 4 heteroatoms. The topological polar surface area (TPSA) is 32.3 Å². The molecule has 2 aromatic carbocycles. The van der Waals surface area contributed by atoms with Crippen molar-refractivity contribution in [2.45, 2.75) is 50.2 Å². The molecular formula is C22H25FN2O. The van der Waals surface area contributed by atoms with Gasteiger partial charge in [0.05, 0.1) is 6.04 Å². The van der Waals surface area contributed by atoms with Crippen LogP contribution in [0.3, 0.4) is 0 Å². The van der Waals surface area contributed by atoms with E-state index < -0.39 is 0 Å². The van der Waals surface area contributed by atoms with Gasteiger partial charge < -0.3 is 5.32 Å². The third-order valence-corrected chi connectivity index (χ3v) is 6.46. The van der Waals surface area contributed by atoms with Crippen molar-refractivity contribution >= 4 is 5.91 Å². The zero-order valence-electron chi connectivity index (χ0n) is 15.3. The summed E-state index contributed by atoms with van der Waals surface area (Å²) < 4.78 is 13.7. The zero-order valence-corrected chi connectivity index (χ0v) is 15.3. The van der Waals surface area contributed by atoms with E-state index in [0.29, 0.717) is 11.6 Å². The first-order valence-corrected chi connectivity index (χ1v) is 9.36. The molecule has 136 valence electrons. The zero-order chi connectivity index (χ0) is 18.3. The Balaban J connectivity index is 1.70. The van der Waals surface area contributed by atoms with Gasteiger partial charge in [-0.05, 0) is 62.9 Å². The second-order valence-corrected chi connectivity index (χ2v) is 7.72. The first kappa shape index (κ1) is 17.2. The van der Waals surface area contributed by atoms with Gasteiger partial charge in [-0.1, -0.05) is 36.4 Å². The number of fused-ring (bicyclic) bond motifs is 2. The van der Waals surface area contributed by atoms with Gasteiger partial charge in [-0.3, -0.25) is 9.69 Å². The van der Waals surface area contributed by atoms with Crippen LogP contribution in [0.15, 0.2) is 48.5 Å². The Bertz CT molecular complexity index is 812. The average Bonchev–Trinajstić information content (AvgIpc) is 3.15. The minimum atomic E-state index is -0.380. The molecule has 0 saturated carbocycles. The Morgan fingerprint density at radius 1 is 1.19 bits per heavy atom. The van der Waals surface area contributed by atoms with Crippen LogP contribution in [0.4, 0.5) is 4.39 Å². The molecule has 4 rings (SSSR count). The van der Waals surface area contributed by atoms with E-state index in [9.17, 15) is 9.18 Å². The van der Waals surface area contributed by atoms with Crippen molar-refractivity contribution < 1.29 is 9.18 Å². The van der Waals surface area contributed by atoms with Crippen molar-refractivity contribution in [3.8, 4) is 0 Å². The molecule has 2 saturated heterocycles. The van der Waals surface area contributed by atoms with Crippen LogP contribution in [-0.4, -0.2) is 29.4 Å². The van der Waals surface area contributed by atoms with E-state index in [1.807, 2.05) is 25.1 Å². The summed E-state index contributed by atoms with van der Waals surface area (Å²) in [5, 5.41) is 3.26. The number of halogens is 1. The van der Waals surface area contributed by atoms with Crippen LogP contribution < -0.4 is 5.32 Å². The van der Waals surface area contributed by atoms with Crippen LogP contribution in [0.5, 0.6) is 0 Å². The molecule has 2 bridgehead atoms. The Kier molecular flexibility index (Phi) is 4.31. The van der Waals surface area contributed by atoms with Gasteiger partial charge in [0.2, 0.25) is 0 Å². The van der Waals surface area contributed by atoms with Crippen LogP contribution in [0, 0.1) is 12.7 Å². The number of likely N-dealkylation sites (N-methyl/N-ethyl adjacent to an activating group) is 1. The van der Waals surface area contributed by atoms with Gasteiger partial charge in [0.15, 0.2) is 0 Å². The molecule has 1 N–H and O–H groups in total. The monoisotopic (exact) mass is 352 g/mol. The molecule has 0 radical (unpaired) electrons. The van der Waals surface area contributed by atoms with Crippen molar-refractivity contribution in [3.05, 3.63) is 71.0 Å². The maximum atomic E-state index is 13.7. The third kappa shape index (κ3) is 2.73. The Labute approximate surface area is 154 Å². The van der Waals surface area contributed by atoms with Gasteiger partial charge in [0.25, 0.3) is 5.91 Å². The molecule has 2 heterocycles. The fourth-order valence-corrected chi connectivity index (χ4v) is 4.92. The van der Waals surface area contributed by atoms with Crippen molar-refractivity contribution in [2.24, 2.45) is 0 Å². The number of hydrogen-bond acceptors (Lipinski definition) is 2. The Hall–Kier alpha value is -2.20. The highest BCUT2D eigenvalue weighted by Crippen LogP contribution is 2.51. The number of benzene rings is 2. The first-order valence-electron chi connectivity index (χ1n) is 9.36. The quantitative estimate of drug-likeness (QED) is 0.893. The first-order chi connectivity index (χ1) is 12.5. The van der Waals surface area contributed by atoms with E-state index in [4.69, 9.17) is 0 Å². The number of rotatable bonds is 4. The SMILES string of the molecule is Cc1ccc(F)cc1C(=O)NC(c1ccccc1)C12CCC(CC1)N2C. The number of carbonyl (C=O) groups excluding carboxylic acids is 1. The molecule has 3 nitrogen and oxygen atoms in total. The minimum Gasteiger partial charge on any atom is -0.343 e. The van der Waals surface area contributed by atoms with E-state index in [1.54, 1.807) is 6.07 Å². The van der Waals surface area contributed by atoms with Crippen LogP contribution >= 0.6 is 0 Å². The Morgan fingerprint density at radius 3 is 2.50 bits per heavy atom. The molecule has 2 aromatic rings. The van der Waals surface area contributed by atoms with E-state index in [-0.39, 0.29) is 23.3 Å². The smallest absolute Gasteiger partial charge is 0.252 e. The maximum Gasteiger partial charge on any atom is 0.252 e. The summed E-state index contributed by atoms with van der Waals surface area (Å²) in [4.78, 5) is 15.5. The van der Waals surface area contributed by atoms with Crippen molar-refractivity contribution in [1.82, 2.24) is 10.2 Å². The lowest BCUT2D eigenvalue weighted by Crippen LogP contribution is -2.51. The lowest BCUT2D eigenvalue weighted by atomic mass is 9.78. The number of hydrogen-bond donors (Lipinski definition) is 1. The van der Waals surface area contributed by atoms with E-state index in [1.165, 1.54) is 25.0 Å². The number of aryl methyl sites for hydroxylation is 1. The Morgan fingerprint density at radius 2 is 1.88 bits per heavy atom. The number of carbonyl (C=O) groups is 1. The van der Waals surface area contributed by atoms with Crippen molar-refractivity contribution in [2.75, 3.05) is 7.05 Å². The summed E-state index contributed by atoms with van der Waals surface area (Å²) in [6, 6.07) is 15.1. The maximum absolute atomic E-state index is 13.7. The summed E-state index contributed by atoms with van der Waals surface area (Å²) in [5.74, 6) is -0.580. The molecule has 0 aliphatic carbocycles. The van der Waals surface area contributed by atoms with Gasteiger partial charge in [-0.2, -0.15) is 0 Å². The number of nitrogens with zero attached hydrogens (tertiary/aromatic N) is 1. The molecule has 1 unspecified atom stereocenters. The summed E-state index contributed by atoms with van der Waals surface area (Å²) in [6.07, 6.45) is 4.51. The predicted molar refractivity (Wildman–Crippen MR) is 101 cm³/mol. The molecule has 26 heavy (non-hydrogen) atoms. The van der Waals surface area contributed by atoms with Crippen molar-refractivity contribution in [3.63, 3.8) is 0 Å². The summed E-state index contributed by atoms with van der Waals surface area (Å²) in [6.45, 7) is 1.84. The number of nitrogens with one attached hydrogen (secondary N) is 1. The average molecular weight is 352 g/mol. The van der Waals surface area contributed by atoms with Gasteiger partial charge in [-0.25, -0.2) is 4.39 Å². The van der Waals surface area contributed by atoms with E-state index in [0.717, 1.165) is 24.0 Å². The van der Waals surface area contributed by atoms with Gasteiger partial charge in [0, 0.05) is 17.1 Å². The molecule has 2 fully saturated rings. The normalized spacial score (nSPS) is 26.0. The third-order valence-electron chi connectivity index (χ3n) is 6.46. The van der Waals surface area contributed by atoms with E-state index >= 15 is 0 Å². The summed E-state index contributed by atoms with van der Waals surface area (Å²) in [5.41, 5.74) is 2.27. The standard InChI is InChI=1S/C22H25FN2O/c1-15-8-9-17(23)14-19(15)21(26)24-20(16-6-4-3-5-7-16)22-12-10-18(11-13-22)25(22)2/h3-9,14,18,20H,10-13H2,1-2H3,(H,24,26). The summed E-state index contributed by atoms with van der Waals surface area (Å²) in [7, 11) is 2.18. The highest BCUT2D eigenvalue weighted by Gasteiger charge is 2.54. The second-order valence-electron chi connectivity index (χ2n) is 7.72. The molecule has 2 aliphatic heterocycles. The highest BCUT2D eigenvalue weighted by molar-refractivity contribution is 5.96. The fraction of sp³-hybridized carbons (Fsp3) is 0.409. The number of amides is 1. The van der Waals surface area contributed by atoms with Crippen LogP contribution in [0.1, 0.15) is 53.2 Å². The summed E-state index contributed by atoms with van der Waals surface area (Å²) >= 11 is 0.